The van der Waals surface area contributed by atoms with Crippen LogP contribution in [0.3, 0.4) is 0 Å². The molecule has 2 fully saturated rings. The van der Waals surface area contributed by atoms with Crippen LogP contribution in [0.5, 0.6) is 0 Å². The normalized spacial score (nSPS) is 23.7. The Morgan fingerprint density at radius 3 is 2.33 bits per heavy atom. The molecule has 0 radical (unpaired) electrons. The lowest BCUT2D eigenvalue weighted by atomic mass is 9.94. The number of hydrogen-bond donors (Lipinski definition) is 1. The van der Waals surface area contributed by atoms with Gasteiger partial charge in [-0.05, 0) is 24.5 Å². The van der Waals surface area contributed by atoms with E-state index in [9.17, 15) is 17.6 Å². The summed E-state index contributed by atoms with van der Waals surface area (Å²) in [6.07, 6.45) is -0.995. The summed E-state index contributed by atoms with van der Waals surface area (Å²) in [4.78, 5) is 13.8. The Labute approximate surface area is 207 Å². The van der Waals surface area contributed by atoms with Crippen molar-refractivity contribution in [3.05, 3.63) is 59.2 Å². The zero-order valence-electron chi connectivity index (χ0n) is 20.0. The van der Waals surface area contributed by atoms with Crippen molar-refractivity contribution in [3.8, 4) is 11.1 Å². The molecular formula is C24H27F4N3O4S. The topological polar surface area (TPSA) is 79.0 Å². The summed E-state index contributed by atoms with van der Waals surface area (Å²) in [7, 11) is -1.97. The Bertz CT molecular complexity index is 1270. The lowest BCUT2D eigenvalue weighted by Gasteiger charge is -2.34. The van der Waals surface area contributed by atoms with Gasteiger partial charge in [0.25, 0.3) is 22.0 Å². The molecule has 2 aliphatic rings. The van der Waals surface area contributed by atoms with E-state index < -0.39 is 64.8 Å². The molecule has 0 bridgehead atoms. The van der Waals surface area contributed by atoms with Gasteiger partial charge in [-0.1, -0.05) is 36.4 Å². The van der Waals surface area contributed by atoms with Crippen LogP contribution in [0.4, 0.5) is 17.6 Å². The number of aryl methyl sites for hydroxylation is 1. The summed E-state index contributed by atoms with van der Waals surface area (Å²) in [5.41, 5.74) is 0.191. The van der Waals surface area contributed by atoms with Crippen molar-refractivity contribution < 1.29 is 35.5 Å². The van der Waals surface area contributed by atoms with Gasteiger partial charge in [0.15, 0.2) is 0 Å². The van der Waals surface area contributed by atoms with Crippen molar-refractivity contribution in [2.24, 2.45) is 0 Å². The lowest BCUT2D eigenvalue weighted by molar-refractivity contribution is -0.158. The van der Waals surface area contributed by atoms with Crippen LogP contribution in [0.1, 0.15) is 17.5 Å². The van der Waals surface area contributed by atoms with Gasteiger partial charge in [-0.25, -0.2) is 17.6 Å². The van der Waals surface area contributed by atoms with E-state index in [4.69, 9.17) is 4.74 Å². The van der Waals surface area contributed by atoms with Crippen molar-refractivity contribution in [1.82, 2.24) is 13.9 Å². The monoisotopic (exact) mass is 529 g/mol. The average molecular weight is 530 g/mol. The Kier molecular flexibility index (Phi) is 7.17. The van der Waals surface area contributed by atoms with Gasteiger partial charge >= 0.3 is 0 Å². The first-order chi connectivity index (χ1) is 16.8. The van der Waals surface area contributed by atoms with Gasteiger partial charge in [0.2, 0.25) is 0 Å². The maximum absolute atomic E-state index is 15.6. The molecule has 3 atom stereocenters. The van der Waals surface area contributed by atoms with Crippen molar-refractivity contribution in [2.45, 2.75) is 43.9 Å². The molecule has 1 amide bonds. The lowest BCUT2D eigenvalue weighted by Crippen LogP contribution is -2.55. The number of halogens is 4. The predicted molar refractivity (Wildman–Crippen MR) is 125 cm³/mol. The van der Waals surface area contributed by atoms with E-state index in [1.807, 2.05) is 4.72 Å². The first kappa shape index (κ1) is 26.5. The van der Waals surface area contributed by atoms with Crippen LogP contribution in [0, 0.1) is 18.6 Å². The highest BCUT2D eigenvalue weighted by Gasteiger charge is 2.58. The number of hydrogen-bond acceptors (Lipinski definition) is 4. The minimum Gasteiger partial charge on any atom is -0.368 e. The molecule has 0 saturated carbocycles. The van der Waals surface area contributed by atoms with E-state index in [1.54, 1.807) is 6.07 Å². The molecule has 7 nitrogen and oxygen atoms in total. The van der Waals surface area contributed by atoms with Gasteiger partial charge in [-0.3, -0.25) is 4.79 Å². The molecular weight excluding hydrogens is 502 g/mol. The van der Waals surface area contributed by atoms with Gasteiger partial charge < -0.3 is 9.64 Å². The van der Waals surface area contributed by atoms with Crippen molar-refractivity contribution in [3.63, 3.8) is 0 Å². The third-order valence-corrected chi connectivity index (χ3v) is 8.14. The molecule has 2 aliphatic heterocycles. The van der Waals surface area contributed by atoms with Crippen LogP contribution in [-0.2, 0) is 26.2 Å². The number of carbonyl (C=O) groups excluding carboxylic acids is 1. The highest BCUT2D eigenvalue weighted by Crippen LogP contribution is 2.38. The second kappa shape index (κ2) is 9.73. The number of carbonyl (C=O) groups is 1. The number of alkyl halides is 2. The average Bonchev–Trinajstić information content (AvgIpc) is 3.00. The number of nitrogens with one attached hydrogen (secondary N) is 1. The maximum atomic E-state index is 15.6. The van der Waals surface area contributed by atoms with Gasteiger partial charge in [0.1, 0.15) is 23.8 Å². The van der Waals surface area contributed by atoms with Gasteiger partial charge in [-0.2, -0.15) is 17.4 Å². The standard InChI is InChI=1S/C24H27F4N3O4S/c1-14-6-4-8-16(20(14)25)17-9-5-7-15(21(17)26)12-18-22(29-36(33,34)30(2)3)24(27,28)13-31(18)23(32)19-10-11-35-19/h4-9,18-19,22,29H,10-13H2,1-3H3/t18-,19+,22+/m0/s1. The largest absolute Gasteiger partial charge is 0.368 e. The molecule has 4 rings (SSSR count). The van der Waals surface area contributed by atoms with Crippen LogP contribution in [-0.4, -0.2) is 74.9 Å². The molecule has 2 aromatic carbocycles. The number of rotatable bonds is 7. The minimum absolute atomic E-state index is 0.00626. The predicted octanol–water partition coefficient (Wildman–Crippen LogP) is 2.88. The molecule has 1 N–H and O–H groups in total. The van der Waals surface area contributed by atoms with Crippen molar-refractivity contribution in [2.75, 3.05) is 27.2 Å². The Morgan fingerprint density at radius 2 is 1.75 bits per heavy atom. The number of amides is 1. The van der Waals surface area contributed by atoms with Crippen LogP contribution < -0.4 is 4.72 Å². The summed E-state index contributed by atoms with van der Waals surface area (Å²) >= 11 is 0. The molecule has 36 heavy (non-hydrogen) atoms. The number of benzene rings is 2. The fourth-order valence-corrected chi connectivity index (χ4v) is 5.31. The zero-order valence-corrected chi connectivity index (χ0v) is 20.8. The Hall–Kier alpha value is -2.54. The molecule has 0 aromatic heterocycles. The number of nitrogens with zero attached hydrogens (tertiary/aromatic N) is 2. The van der Waals surface area contributed by atoms with E-state index in [0.717, 1.165) is 9.21 Å². The zero-order chi connectivity index (χ0) is 26.4. The molecule has 196 valence electrons. The molecule has 12 heteroatoms. The van der Waals surface area contributed by atoms with E-state index in [2.05, 4.69) is 0 Å². The summed E-state index contributed by atoms with van der Waals surface area (Å²) in [5.74, 6) is -5.79. The summed E-state index contributed by atoms with van der Waals surface area (Å²) < 4.78 is 93.5. The Balaban J connectivity index is 1.75. The summed E-state index contributed by atoms with van der Waals surface area (Å²) in [5, 5.41) is 0. The van der Waals surface area contributed by atoms with E-state index in [1.165, 1.54) is 51.4 Å². The molecule has 0 aliphatic carbocycles. The molecule has 0 spiro atoms. The quantitative estimate of drug-likeness (QED) is 0.560. The second-order valence-electron chi connectivity index (χ2n) is 9.24. The third kappa shape index (κ3) is 4.86. The first-order valence-corrected chi connectivity index (χ1v) is 12.8. The summed E-state index contributed by atoms with van der Waals surface area (Å²) in [6, 6.07) is 5.26. The van der Waals surface area contributed by atoms with Gasteiger partial charge in [0, 0.05) is 31.6 Å². The number of likely N-dealkylation sites (tertiary alicyclic amines) is 1. The Morgan fingerprint density at radius 1 is 1.14 bits per heavy atom. The maximum Gasteiger partial charge on any atom is 0.283 e. The molecule has 2 aromatic rings. The van der Waals surface area contributed by atoms with Gasteiger partial charge in [0.05, 0.1) is 19.2 Å². The minimum atomic E-state index is -4.32. The van der Waals surface area contributed by atoms with Crippen LogP contribution in [0.15, 0.2) is 36.4 Å². The van der Waals surface area contributed by atoms with E-state index >= 15 is 13.2 Å². The first-order valence-electron chi connectivity index (χ1n) is 11.4. The van der Waals surface area contributed by atoms with E-state index in [0.29, 0.717) is 18.6 Å². The highest BCUT2D eigenvalue weighted by atomic mass is 32.2. The third-order valence-electron chi connectivity index (χ3n) is 6.63. The number of ether oxygens (including phenoxy) is 1. The fraction of sp³-hybridized carbons (Fsp3) is 0.458. The smallest absolute Gasteiger partial charge is 0.283 e. The van der Waals surface area contributed by atoms with Crippen molar-refractivity contribution >= 4 is 16.1 Å². The van der Waals surface area contributed by atoms with Crippen LogP contribution in [0.25, 0.3) is 11.1 Å². The van der Waals surface area contributed by atoms with Crippen LogP contribution in [0.2, 0.25) is 0 Å². The van der Waals surface area contributed by atoms with Gasteiger partial charge in [-0.15, -0.1) is 0 Å². The molecule has 0 unspecified atom stereocenters. The fourth-order valence-electron chi connectivity index (χ4n) is 4.45. The SMILES string of the molecule is Cc1cccc(-c2cccc(C[C@H]3[C@@H](NS(=O)(=O)N(C)C)C(F)(F)CN3C(=O)[C@H]3CCO3)c2F)c1F. The second-order valence-corrected chi connectivity index (χ2v) is 11.2. The molecule has 2 heterocycles. The summed E-state index contributed by atoms with van der Waals surface area (Å²) in [6.45, 7) is 0.792. The highest BCUT2D eigenvalue weighted by molar-refractivity contribution is 7.87. The van der Waals surface area contributed by atoms with Crippen molar-refractivity contribution in [1.29, 1.82) is 0 Å². The van der Waals surface area contributed by atoms with Crippen LogP contribution >= 0.6 is 0 Å². The van der Waals surface area contributed by atoms with E-state index in [-0.39, 0.29) is 16.7 Å². The molecule has 2 saturated heterocycles.